The molecule has 0 saturated carbocycles. The molecule has 1 atom stereocenters. The van der Waals surface area contributed by atoms with E-state index in [-0.39, 0.29) is 5.56 Å². The molecule has 0 bridgehead atoms. The zero-order valence-corrected chi connectivity index (χ0v) is 10.7. The Morgan fingerprint density at radius 1 is 1.61 bits per heavy atom. The van der Waals surface area contributed by atoms with Crippen LogP contribution in [-0.4, -0.2) is 41.9 Å². The van der Waals surface area contributed by atoms with Gasteiger partial charge in [0.2, 0.25) is 0 Å². The molecule has 1 aliphatic heterocycles. The van der Waals surface area contributed by atoms with E-state index in [1.807, 2.05) is 0 Å². The van der Waals surface area contributed by atoms with Crippen LogP contribution in [0, 0.1) is 6.92 Å². The van der Waals surface area contributed by atoms with Gasteiger partial charge in [-0.05, 0) is 25.5 Å². The predicted molar refractivity (Wildman–Crippen MR) is 68.2 cm³/mol. The van der Waals surface area contributed by atoms with Crippen LogP contribution >= 0.6 is 0 Å². The van der Waals surface area contributed by atoms with Gasteiger partial charge in [-0.3, -0.25) is 0 Å². The number of morpholine rings is 1. The molecule has 2 rings (SSSR count). The second kappa shape index (κ2) is 5.35. The maximum absolute atomic E-state index is 11.0. The van der Waals surface area contributed by atoms with Gasteiger partial charge in [-0.1, -0.05) is 6.92 Å². The molecule has 5 heteroatoms. The number of carboxylic acid groups (broad SMARTS) is 1. The van der Waals surface area contributed by atoms with Crippen molar-refractivity contribution < 1.29 is 14.6 Å². The molecule has 0 aromatic carbocycles. The highest BCUT2D eigenvalue weighted by molar-refractivity contribution is 5.89. The Bertz CT molecular complexity index is 448. The maximum atomic E-state index is 11.0. The Morgan fingerprint density at radius 3 is 3.00 bits per heavy atom. The van der Waals surface area contributed by atoms with E-state index in [1.165, 1.54) is 0 Å². The Kier molecular flexibility index (Phi) is 3.81. The molecular formula is C13H18N2O3. The zero-order valence-electron chi connectivity index (χ0n) is 10.7. The molecule has 1 aliphatic rings. The second-order valence-electron chi connectivity index (χ2n) is 4.44. The number of carbonyl (C=O) groups is 1. The number of hydrogen-bond donors (Lipinski definition) is 1. The lowest BCUT2D eigenvalue weighted by molar-refractivity contribution is 0.0695. The van der Waals surface area contributed by atoms with Crippen LogP contribution in [0.2, 0.25) is 0 Å². The first-order valence-electron chi connectivity index (χ1n) is 6.18. The summed E-state index contributed by atoms with van der Waals surface area (Å²) in [4.78, 5) is 17.6. The van der Waals surface area contributed by atoms with Gasteiger partial charge in [0.1, 0.15) is 5.82 Å². The van der Waals surface area contributed by atoms with Gasteiger partial charge in [-0.25, -0.2) is 9.78 Å². The number of anilines is 1. The van der Waals surface area contributed by atoms with E-state index in [2.05, 4.69) is 16.8 Å². The third kappa shape index (κ3) is 2.46. The van der Waals surface area contributed by atoms with Gasteiger partial charge in [0, 0.05) is 6.54 Å². The van der Waals surface area contributed by atoms with Gasteiger partial charge >= 0.3 is 5.97 Å². The monoisotopic (exact) mass is 250 g/mol. The Balaban J connectivity index is 2.27. The smallest absolute Gasteiger partial charge is 0.337 e. The van der Waals surface area contributed by atoms with Gasteiger partial charge in [-0.15, -0.1) is 0 Å². The van der Waals surface area contributed by atoms with Crippen LogP contribution in [0.1, 0.15) is 29.4 Å². The molecular weight excluding hydrogens is 232 g/mol. The molecule has 1 aromatic heterocycles. The SMILES string of the molecule is CCC1COCCN1c1ccc(C(=O)O)c(C)n1. The molecule has 1 N–H and O–H groups in total. The van der Waals surface area contributed by atoms with Gasteiger partial charge in [-0.2, -0.15) is 0 Å². The summed E-state index contributed by atoms with van der Waals surface area (Å²) in [6.07, 6.45) is 0.988. The van der Waals surface area contributed by atoms with Crippen molar-refractivity contribution in [2.45, 2.75) is 26.3 Å². The third-order valence-corrected chi connectivity index (χ3v) is 3.29. The average molecular weight is 250 g/mol. The summed E-state index contributed by atoms with van der Waals surface area (Å²) in [5.41, 5.74) is 0.821. The highest BCUT2D eigenvalue weighted by atomic mass is 16.5. The van der Waals surface area contributed by atoms with Crippen LogP contribution in [0.4, 0.5) is 5.82 Å². The number of aromatic nitrogens is 1. The molecule has 1 fully saturated rings. The van der Waals surface area contributed by atoms with Crippen LogP contribution in [0.25, 0.3) is 0 Å². The molecule has 18 heavy (non-hydrogen) atoms. The lowest BCUT2D eigenvalue weighted by Crippen LogP contribution is -2.45. The van der Waals surface area contributed by atoms with Gasteiger partial charge < -0.3 is 14.7 Å². The van der Waals surface area contributed by atoms with Gasteiger partial charge in [0.15, 0.2) is 0 Å². The third-order valence-electron chi connectivity index (χ3n) is 3.29. The summed E-state index contributed by atoms with van der Waals surface area (Å²) < 4.78 is 5.45. The van der Waals surface area contributed by atoms with Gasteiger partial charge in [0.25, 0.3) is 0 Å². The topological polar surface area (TPSA) is 62.7 Å². The number of pyridine rings is 1. The Morgan fingerprint density at radius 2 is 2.39 bits per heavy atom. The van der Waals surface area contributed by atoms with Crippen molar-refractivity contribution in [3.05, 3.63) is 23.4 Å². The highest BCUT2D eigenvalue weighted by Gasteiger charge is 2.23. The van der Waals surface area contributed by atoms with Crippen molar-refractivity contribution in [3.8, 4) is 0 Å². The Hall–Kier alpha value is -1.62. The lowest BCUT2D eigenvalue weighted by atomic mass is 10.1. The summed E-state index contributed by atoms with van der Waals surface area (Å²) in [6, 6.07) is 3.73. The van der Waals surface area contributed by atoms with Crippen LogP contribution in [-0.2, 0) is 4.74 Å². The molecule has 0 aliphatic carbocycles. The number of carboxylic acids is 1. The van der Waals surface area contributed by atoms with E-state index in [0.717, 1.165) is 18.8 Å². The minimum atomic E-state index is -0.930. The van der Waals surface area contributed by atoms with E-state index in [0.29, 0.717) is 24.9 Å². The summed E-state index contributed by atoms with van der Waals surface area (Å²) in [6.45, 7) is 6.05. The normalized spacial score (nSPS) is 19.9. The largest absolute Gasteiger partial charge is 0.478 e. The highest BCUT2D eigenvalue weighted by Crippen LogP contribution is 2.21. The first-order valence-corrected chi connectivity index (χ1v) is 6.18. The maximum Gasteiger partial charge on any atom is 0.337 e. The molecule has 1 saturated heterocycles. The van der Waals surface area contributed by atoms with Crippen LogP contribution in [0.15, 0.2) is 12.1 Å². The van der Waals surface area contributed by atoms with E-state index >= 15 is 0 Å². The minimum Gasteiger partial charge on any atom is -0.478 e. The van der Waals surface area contributed by atoms with E-state index in [9.17, 15) is 4.79 Å². The standard InChI is InChI=1S/C13H18N2O3/c1-3-10-8-18-7-6-15(10)12-5-4-11(13(16)17)9(2)14-12/h4-5,10H,3,6-8H2,1-2H3,(H,16,17). The summed E-state index contributed by atoms with van der Waals surface area (Å²) in [5.74, 6) is -0.0896. The summed E-state index contributed by atoms with van der Waals surface area (Å²) in [5, 5.41) is 8.99. The molecule has 0 spiro atoms. The van der Waals surface area contributed by atoms with Crippen molar-refractivity contribution in [2.24, 2.45) is 0 Å². The number of aryl methyl sites for hydroxylation is 1. The van der Waals surface area contributed by atoms with Crippen molar-refractivity contribution in [1.29, 1.82) is 0 Å². The van der Waals surface area contributed by atoms with Crippen molar-refractivity contribution in [3.63, 3.8) is 0 Å². The predicted octanol–water partition coefficient (Wildman–Crippen LogP) is 1.70. The fraction of sp³-hybridized carbons (Fsp3) is 0.538. The Labute approximate surface area is 106 Å². The first kappa shape index (κ1) is 12.8. The quantitative estimate of drug-likeness (QED) is 0.884. The van der Waals surface area contributed by atoms with E-state index in [1.54, 1.807) is 19.1 Å². The summed E-state index contributed by atoms with van der Waals surface area (Å²) >= 11 is 0. The number of ether oxygens (including phenoxy) is 1. The molecule has 98 valence electrons. The number of aromatic carboxylic acids is 1. The van der Waals surface area contributed by atoms with Crippen molar-refractivity contribution >= 4 is 11.8 Å². The van der Waals surface area contributed by atoms with E-state index in [4.69, 9.17) is 9.84 Å². The molecule has 1 aromatic rings. The fourth-order valence-corrected chi connectivity index (χ4v) is 2.23. The fourth-order valence-electron chi connectivity index (χ4n) is 2.23. The number of rotatable bonds is 3. The van der Waals surface area contributed by atoms with Crippen LogP contribution in [0.3, 0.4) is 0 Å². The van der Waals surface area contributed by atoms with E-state index < -0.39 is 5.97 Å². The van der Waals surface area contributed by atoms with Crippen LogP contribution in [0.5, 0.6) is 0 Å². The second-order valence-corrected chi connectivity index (χ2v) is 4.44. The molecule has 5 nitrogen and oxygen atoms in total. The van der Waals surface area contributed by atoms with Gasteiger partial charge in [0.05, 0.1) is 30.5 Å². The van der Waals surface area contributed by atoms with Crippen LogP contribution < -0.4 is 4.90 Å². The minimum absolute atomic E-state index is 0.264. The molecule has 0 amide bonds. The average Bonchev–Trinajstić information content (AvgIpc) is 2.38. The van der Waals surface area contributed by atoms with Crippen molar-refractivity contribution in [1.82, 2.24) is 4.98 Å². The molecule has 2 heterocycles. The lowest BCUT2D eigenvalue weighted by Gasteiger charge is -2.36. The van der Waals surface area contributed by atoms with Crippen molar-refractivity contribution in [2.75, 3.05) is 24.7 Å². The summed E-state index contributed by atoms with van der Waals surface area (Å²) in [7, 11) is 0. The number of nitrogens with zero attached hydrogens (tertiary/aromatic N) is 2. The molecule has 1 unspecified atom stereocenters. The number of hydrogen-bond acceptors (Lipinski definition) is 4. The first-order chi connectivity index (χ1) is 8.63. The zero-order chi connectivity index (χ0) is 13.1. The molecule has 0 radical (unpaired) electrons.